The summed E-state index contributed by atoms with van der Waals surface area (Å²) >= 11 is 11.9. The van der Waals surface area contributed by atoms with Crippen LogP contribution in [0.2, 0.25) is 10.0 Å². The molecule has 1 amide bonds. The zero-order chi connectivity index (χ0) is 14.1. The minimum Gasteiger partial charge on any atom is -0.443 e. The van der Waals surface area contributed by atoms with Gasteiger partial charge < -0.3 is 9.73 Å². The first-order valence-corrected chi connectivity index (χ1v) is 6.49. The van der Waals surface area contributed by atoms with Gasteiger partial charge in [-0.15, -0.1) is 0 Å². The zero-order valence-corrected chi connectivity index (χ0v) is 11.6. The number of nitrogens with one attached hydrogen (secondary N) is 1. The lowest BCUT2D eigenvalue weighted by Gasteiger charge is -2.07. The van der Waals surface area contributed by atoms with Crippen LogP contribution in [-0.2, 0) is 0 Å². The molecule has 0 spiro atoms. The van der Waals surface area contributed by atoms with Crippen LogP contribution in [0.3, 0.4) is 0 Å². The number of fused-ring (bicyclic) bond motifs is 1. The minimum absolute atomic E-state index is 0.293. The molecule has 3 aromatic rings. The molecule has 0 unspecified atom stereocenters. The van der Waals surface area contributed by atoms with E-state index in [-0.39, 0.29) is 5.91 Å². The third-order valence-electron chi connectivity index (χ3n) is 2.77. The summed E-state index contributed by atoms with van der Waals surface area (Å²) in [5.41, 5.74) is 2.17. The van der Waals surface area contributed by atoms with E-state index in [1.807, 2.05) is 0 Å². The standard InChI is InChI=1S/C14H8Cl2N2O2/c15-9-2-3-10(16)11(6-9)18-14(19)8-1-4-13-12(5-8)17-7-20-13/h1-7H,(H,18,19). The normalized spacial score (nSPS) is 10.7. The molecule has 0 aliphatic rings. The predicted octanol–water partition coefficient (Wildman–Crippen LogP) is 4.39. The number of benzene rings is 2. The first-order valence-electron chi connectivity index (χ1n) is 5.73. The first-order chi connectivity index (χ1) is 9.63. The lowest BCUT2D eigenvalue weighted by Crippen LogP contribution is -2.12. The Morgan fingerprint density at radius 2 is 2.00 bits per heavy atom. The first kappa shape index (κ1) is 13.0. The highest BCUT2D eigenvalue weighted by molar-refractivity contribution is 6.35. The Balaban J connectivity index is 1.90. The Morgan fingerprint density at radius 3 is 2.85 bits per heavy atom. The Labute approximate surface area is 124 Å². The molecule has 0 aliphatic carbocycles. The average molecular weight is 307 g/mol. The topological polar surface area (TPSA) is 55.1 Å². The number of aromatic nitrogens is 1. The van der Waals surface area contributed by atoms with E-state index >= 15 is 0 Å². The predicted molar refractivity (Wildman–Crippen MR) is 78.4 cm³/mol. The second-order valence-corrected chi connectivity index (χ2v) is 4.96. The van der Waals surface area contributed by atoms with E-state index in [2.05, 4.69) is 10.3 Å². The molecule has 0 aliphatic heterocycles. The van der Waals surface area contributed by atoms with Gasteiger partial charge in [0.05, 0.1) is 10.7 Å². The molecule has 0 saturated heterocycles. The Morgan fingerprint density at radius 1 is 1.15 bits per heavy atom. The van der Waals surface area contributed by atoms with Crippen molar-refractivity contribution in [1.82, 2.24) is 4.98 Å². The number of carbonyl (C=O) groups excluding carboxylic acids is 1. The van der Waals surface area contributed by atoms with Crippen molar-refractivity contribution in [2.24, 2.45) is 0 Å². The number of rotatable bonds is 2. The van der Waals surface area contributed by atoms with Crippen molar-refractivity contribution < 1.29 is 9.21 Å². The van der Waals surface area contributed by atoms with Crippen LogP contribution in [0.4, 0.5) is 5.69 Å². The molecule has 20 heavy (non-hydrogen) atoms. The van der Waals surface area contributed by atoms with Gasteiger partial charge in [0.1, 0.15) is 5.52 Å². The van der Waals surface area contributed by atoms with Crippen LogP contribution in [0.5, 0.6) is 0 Å². The van der Waals surface area contributed by atoms with Crippen LogP contribution in [0.25, 0.3) is 11.1 Å². The number of nitrogens with zero attached hydrogens (tertiary/aromatic N) is 1. The molecular weight excluding hydrogens is 299 g/mol. The fourth-order valence-corrected chi connectivity index (χ4v) is 2.12. The summed E-state index contributed by atoms with van der Waals surface area (Å²) in [6.45, 7) is 0. The number of anilines is 1. The van der Waals surface area contributed by atoms with Crippen molar-refractivity contribution in [1.29, 1.82) is 0 Å². The van der Waals surface area contributed by atoms with Gasteiger partial charge in [0.2, 0.25) is 0 Å². The van der Waals surface area contributed by atoms with Crippen LogP contribution in [0.15, 0.2) is 47.2 Å². The fourth-order valence-electron chi connectivity index (χ4n) is 1.79. The quantitative estimate of drug-likeness (QED) is 0.764. The number of carbonyl (C=O) groups is 1. The number of hydrogen-bond donors (Lipinski definition) is 1. The Hall–Kier alpha value is -2.04. The van der Waals surface area contributed by atoms with Gasteiger partial charge in [-0.3, -0.25) is 4.79 Å². The summed E-state index contributed by atoms with van der Waals surface area (Å²) in [6.07, 6.45) is 1.33. The van der Waals surface area contributed by atoms with E-state index in [1.54, 1.807) is 36.4 Å². The van der Waals surface area contributed by atoms with Crippen LogP contribution in [0.1, 0.15) is 10.4 Å². The largest absolute Gasteiger partial charge is 0.443 e. The molecule has 1 heterocycles. The van der Waals surface area contributed by atoms with Crippen LogP contribution in [-0.4, -0.2) is 10.9 Å². The maximum absolute atomic E-state index is 12.2. The van der Waals surface area contributed by atoms with Crippen molar-refractivity contribution >= 4 is 45.9 Å². The third kappa shape index (κ3) is 2.48. The van der Waals surface area contributed by atoms with E-state index in [4.69, 9.17) is 27.6 Å². The molecule has 1 aromatic heterocycles. The Kier molecular flexibility index (Phi) is 3.34. The maximum atomic E-state index is 12.2. The summed E-state index contributed by atoms with van der Waals surface area (Å²) < 4.78 is 5.12. The summed E-state index contributed by atoms with van der Waals surface area (Å²) in [6, 6.07) is 9.86. The zero-order valence-electron chi connectivity index (χ0n) is 10.1. The van der Waals surface area contributed by atoms with Crippen molar-refractivity contribution in [2.45, 2.75) is 0 Å². The highest BCUT2D eigenvalue weighted by atomic mass is 35.5. The van der Waals surface area contributed by atoms with Gasteiger partial charge in [-0.05, 0) is 36.4 Å². The summed E-state index contributed by atoms with van der Waals surface area (Å²) in [4.78, 5) is 16.2. The molecule has 100 valence electrons. The number of amides is 1. The van der Waals surface area contributed by atoms with Crippen molar-refractivity contribution in [3.8, 4) is 0 Å². The number of oxazole rings is 1. The van der Waals surface area contributed by atoms with E-state index < -0.39 is 0 Å². The highest BCUT2D eigenvalue weighted by Gasteiger charge is 2.10. The second kappa shape index (κ2) is 5.15. The summed E-state index contributed by atoms with van der Waals surface area (Å²) in [5.74, 6) is -0.293. The third-order valence-corrected chi connectivity index (χ3v) is 3.33. The molecule has 0 bridgehead atoms. The van der Waals surface area contributed by atoms with Gasteiger partial charge in [0.25, 0.3) is 5.91 Å². The van der Waals surface area contributed by atoms with Crippen molar-refractivity contribution in [3.05, 3.63) is 58.4 Å². The SMILES string of the molecule is O=C(Nc1cc(Cl)ccc1Cl)c1ccc2ocnc2c1. The van der Waals surface area contributed by atoms with Crippen molar-refractivity contribution in [2.75, 3.05) is 5.32 Å². The van der Waals surface area contributed by atoms with Crippen LogP contribution in [0, 0.1) is 0 Å². The highest BCUT2D eigenvalue weighted by Crippen LogP contribution is 2.26. The molecule has 4 nitrogen and oxygen atoms in total. The maximum Gasteiger partial charge on any atom is 0.255 e. The average Bonchev–Trinajstić information content (AvgIpc) is 2.90. The summed E-state index contributed by atoms with van der Waals surface area (Å²) in [5, 5.41) is 3.63. The van der Waals surface area contributed by atoms with Gasteiger partial charge in [-0.2, -0.15) is 0 Å². The molecule has 1 N–H and O–H groups in total. The van der Waals surface area contributed by atoms with Crippen molar-refractivity contribution in [3.63, 3.8) is 0 Å². The number of hydrogen-bond acceptors (Lipinski definition) is 3. The van der Waals surface area contributed by atoms with E-state index in [9.17, 15) is 4.79 Å². The molecule has 0 fully saturated rings. The number of halogens is 2. The monoisotopic (exact) mass is 306 g/mol. The minimum atomic E-state index is -0.293. The van der Waals surface area contributed by atoms with E-state index in [1.165, 1.54) is 6.39 Å². The molecular formula is C14H8Cl2N2O2. The van der Waals surface area contributed by atoms with Crippen LogP contribution >= 0.6 is 23.2 Å². The molecule has 0 radical (unpaired) electrons. The summed E-state index contributed by atoms with van der Waals surface area (Å²) in [7, 11) is 0. The second-order valence-electron chi connectivity index (χ2n) is 4.11. The fraction of sp³-hybridized carbons (Fsp3) is 0. The Bertz CT molecular complexity index is 799. The lowest BCUT2D eigenvalue weighted by molar-refractivity contribution is 0.102. The molecule has 0 saturated carbocycles. The van der Waals surface area contributed by atoms with Crippen LogP contribution < -0.4 is 5.32 Å². The molecule has 3 rings (SSSR count). The van der Waals surface area contributed by atoms with Gasteiger partial charge in [0, 0.05) is 10.6 Å². The van der Waals surface area contributed by atoms with Gasteiger partial charge in [-0.25, -0.2) is 4.98 Å². The van der Waals surface area contributed by atoms with E-state index in [0.29, 0.717) is 32.4 Å². The molecule has 6 heteroatoms. The smallest absolute Gasteiger partial charge is 0.255 e. The van der Waals surface area contributed by atoms with Gasteiger partial charge in [-0.1, -0.05) is 23.2 Å². The van der Waals surface area contributed by atoms with E-state index in [0.717, 1.165) is 0 Å². The van der Waals surface area contributed by atoms with Gasteiger partial charge >= 0.3 is 0 Å². The molecule has 2 aromatic carbocycles. The molecule has 0 atom stereocenters. The lowest BCUT2D eigenvalue weighted by atomic mass is 10.2. The van der Waals surface area contributed by atoms with Gasteiger partial charge in [0.15, 0.2) is 12.0 Å².